The Morgan fingerprint density at radius 2 is 1.63 bits per heavy atom. The number of carboxylic acid groups (broad SMARTS) is 1. The van der Waals surface area contributed by atoms with Crippen molar-refractivity contribution in [2.75, 3.05) is 11.9 Å². The van der Waals surface area contributed by atoms with Gasteiger partial charge in [0.2, 0.25) is 0 Å². The number of nitrogens with zero attached hydrogens (tertiary/aromatic N) is 1. The molecular formula is C27H27N3O5. The van der Waals surface area contributed by atoms with Gasteiger partial charge in [-0.15, -0.1) is 0 Å². The highest BCUT2D eigenvalue weighted by Crippen LogP contribution is 2.44. The summed E-state index contributed by atoms with van der Waals surface area (Å²) in [6.45, 7) is 3.48. The van der Waals surface area contributed by atoms with Crippen molar-refractivity contribution in [3.05, 3.63) is 83.7 Å². The van der Waals surface area contributed by atoms with Crippen LogP contribution >= 0.6 is 0 Å². The smallest absolute Gasteiger partial charge is 0.411 e. The van der Waals surface area contributed by atoms with Gasteiger partial charge >= 0.3 is 12.1 Å². The number of nitrogens with one attached hydrogen (secondary N) is 2. The van der Waals surface area contributed by atoms with Gasteiger partial charge in [-0.05, 0) is 47.7 Å². The summed E-state index contributed by atoms with van der Waals surface area (Å²) in [6.07, 6.45) is 1.58. The van der Waals surface area contributed by atoms with E-state index in [1.54, 1.807) is 0 Å². The Kier molecular flexibility index (Phi) is 6.82. The number of aromatic nitrogens is 1. The SMILES string of the molecule is CCCC(C)(NC(=O)c1ccc(NC(=O)OCC2c3ccccc3-c3ccccc32)cn1)C(=O)O. The number of fused-ring (bicyclic) bond motifs is 3. The van der Waals surface area contributed by atoms with Crippen LogP contribution in [0.15, 0.2) is 66.9 Å². The van der Waals surface area contributed by atoms with Gasteiger partial charge in [0.1, 0.15) is 17.8 Å². The first kappa shape index (κ1) is 23.9. The van der Waals surface area contributed by atoms with Gasteiger partial charge in [-0.25, -0.2) is 14.6 Å². The number of pyridine rings is 1. The molecule has 1 atom stereocenters. The molecule has 3 aromatic rings. The van der Waals surface area contributed by atoms with E-state index in [4.69, 9.17) is 4.74 Å². The molecule has 180 valence electrons. The number of carbonyl (C=O) groups is 3. The van der Waals surface area contributed by atoms with Crippen LogP contribution < -0.4 is 10.6 Å². The molecule has 0 radical (unpaired) electrons. The lowest BCUT2D eigenvalue weighted by molar-refractivity contribution is -0.144. The molecule has 1 aliphatic carbocycles. The molecular weight excluding hydrogens is 446 g/mol. The van der Waals surface area contributed by atoms with Gasteiger partial charge in [0, 0.05) is 5.92 Å². The van der Waals surface area contributed by atoms with Crippen LogP contribution in [0.25, 0.3) is 11.1 Å². The molecule has 0 saturated heterocycles. The lowest BCUT2D eigenvalue weighted by Gasteiger charge is -2.25. The molecule has 35 heavy (non-hydrogen) atoms. The average Bonchev–Trinajstić information content (AvgIpc) is 3.17. The number of hydrogen-bond acceptors (Lipinski definition) is 5. The highest BCUT2D eigenvalue weighted by molar-refractivity contribution is 5.96. The van der Waals surface area contributed by atoms with E-state index in [1.165, 1.54) is 25.3 Å². The molecule has 4 rings (SSSR count). The zero-order valence-corrected chi connectivity index (χ0v) is 19.6. The van der Waals surface area contributed by atoms with Crippen LogP contribution in [0.3, 0.4) is 0 Å². The third kappa shape index (κ3) is 5.01. The molecule has 0 fully saturated rings. The van der Waals surface area contributed by atoms with Crippen molar-refractivity contribution in [3.8, 4) is 11.1 Å². The Balaban J connectivity index is 1.37. The largest absolute Gasteiger partial charge is 0.480 e. The van der Waals surface area contributed by atoms with Gasteiger partial charge in [0.15, 0.2) is 0 Å². The summed E-state index contributed by atoms with van der Waals surface area (Å²) in [4.78, 5) is 40.5. The fraction of sp³-hybridized carbons (Fsp3) is 0.259. The van der Waals surface area contributed by atoms with Crippen LogP contribution in [0.4, 0.5) is 10.5 Å². The minimum atomic E-state index is -1.38. The quantitative estimate of drug-likeness (QED) is 0.432. The lowest BCUT2D eigenvalue weighted by atomic mass is 9.96. The van der Waals surface area contributed by atoms with Crippen LogP contribution in [0.2, 0.25) is 0 Å². The van der Waals surface area contributed by atoms with E-state index in [0.717, 1.165) is 22.3 Å². The molecule has 0 bridgehead atoms. The lowest BCUT2D eigenvalue weighted by Crippen LogP contribution is -2.52. The van der Waals surface area contributed by atoms with Gasteiger partial charge in [-0.3, -0.25) is 10.1 Å². The first-order valence-corrected chi connectivity index (χ1v) is 11.5. The van der Waals surface area contributed by atoms with Crippen molar-refractivity contribution >= 4 is 23.7 Å². The zero-order valence-electron chi connectivity index (χ0n) is 19.6. The molecule has 0 aliphatic heterocycles. The molecule has 0 spiro atoms. The van der Waals surface area contributed by atoms with E-state index < -0.39 is 23.5 Å². The van der Waals surface area contributed by atoms with E-state index in [-0.39, 0.29) is 24.6 Å². The molecule has 8 nitrogen and oxygen atoms in total. The number of rotatable bonds is 8. The Morgan fingerprint density at radius 3 is 2.17 bits per heavy atom. The molecule has 0 saturated carbocycles. The molecule has 8 heteroatoms. The van der Waals surface area contributed by atoms with Gasteiger partial charge in [-0.1, -0.05) is 61.9 Å². The van der Waals surface area contributed by atoms with Crippen molar-refractivity contribution in [1.82, 2.24) is 10.3 Å². The summed E-state index contributed by atoms with van der Waals surface area (Å²) in [5.74, 6) is -1.76. The first-order valence-electron chi connectivity index (χ1n) is 11.5. The number of ether oxygens (including phenoxy) is 1. The number of amides is 2. The van der Waals surface area contributed by atoms with Crippen molar-refractivity contribution in [1.29, 1.82) is 0 Å². The van der Waals surface area contributed by atoms with Crippen molar-refractivity contribution < 1.29 is 24.2 Å². The normalized spacial score (nSPS) is 13.8. The second-order valence-corrected chi connectivity index (χ2v) is 8.72. The van der Waals surface area contributed by atoms with Crippen molar-refractivity contribution in [3.63, 3.8) is 0 Å². The monoisotopic (exact) mass is 473 g/mol. The third-order valence-electron chi connectivity index (χ3n) is 6.20. The van der Waals surface area contributed by atoms with E-state index in [2.05, 4.69) is 27.8 Å². The summed E-state index contributed by atoms with van der Waals surface area (Å²) in [6, 6.07) is 19.1. The maximum absolute atomic E-state index is 12.5. The minimum absolute atomic E-state index is 0.0478. The van der Waals surface area contributed by atoms with E-state index in [0.29, 0.717) is 12.1 Å². The summed E-state index contributed by atoms with van der Waals surface area (Å²) >= 11 is 0. The summed E-state index contributed by atoms with van der Waals surface area (Å²) in [5.41, 5.74) is 3.55. The zero-order chi connectivity index (χ0) is 25.0. The maximum atomic E-state index is 12.5. The number of hydrogen-bond donors (Lipinski definition) is 3. The first-order chi connectivity index (χ1) is 16.8. The topological polar surface area (TPSA) is 118 Å². The van der Waals surface area contributed by atoms with Crippen molar-refractivity contribution in [2.45, 2.75) is 38.1 Å². The fourth-order valence-electron chi connectivity index (χ4n) is 4.39. The Labute approximate surface area is 203 Å². The van der Waals surface area contributed by atoms with E-state index in [9.17, 15) is 19.5 Å². The maximum Gasteiger partial charge on any atom is 0.411 e. The predicted molar refractivity (Wildman–Crippen MR) is 131 cm³/mol. The average molecular weight is 474 g/mol. The van der Waals surface area contributed by atoms with Crippen LogP contribution in [-0.4, -0.2) is 40.2 Å². The molecule has 1 aliphatic rings. The number of benzene rings is 2. The molecule has 2 aromatic carbocycles. The molecule has 1 unspecified atom stereocenters. The standard InChI is InChI=1S/C27H27N3O5/c1-3-14-27(2,25(32)33)30-24(31)23-13-12-17(15-28-23)29-26(34)35-16-22-20-10-6-4-8-18(20)19-9-5-7-11-21(19)22/h4-13,15,22H,3,14,16H2,1-2H3,(H,29,34)(H,30,31)(H,32,33). The molecule has 3 N–H and O–H groups in total. The van der Waals surface area contributed by atoms with Gasteiger partial charge in [0.05, 0.1) is 11.9 Å². The van der Waals surface area contributed by atoms with E-state index >= 15 is 0 Å². The fourth-order valence-corrected chi connectivity index (χ4v) is 4.39. The van der Waals surface area contributed by atoms with Gasteiger partial charge < -0.3 is 15.2 Å². The second kappa shape index (κ2) is 9.97. The third-order valence-corrected chi connectivity index (χ3v) is 6.20. The second-order valence-electron chi connectivity index (χ2n) is 8.72. The molecule has 2 amide bonds. The van der Waals surface area contributed by atoms with Crippen LogP contribution in [-0.2, 0) is 9.53 Å². The number of carbonyl (C=O) groups excluding carboxylic acids is 2. The Hall–Kier alpha value is -4.20. The Bertz CT molecular complexity index is 1210. The highest BCUT2D eigenvalue weighted by Gasteiger charge is 2.34. The van der Waals surface area contributed by atoms with Gasteiger partial charge in [-0.2, -0.15) is 0 Å². The minimum Gasteiger partial charge on any atom is -0.480 e. The van der Waals surface area contributed by atoms with Crippen LogP contribution in [0.5, 0.6) is 0 Å². The molecule has 1 heterocycles. The number of aliphatic carboxylic acids is 1. The number of anilines is 1. The Morgan fingerprint density at radius 1 is 1.00 bits per heavy atom. The predicted octanol–water partition coefficient (Wildman–Crippen LogP) is 4.82. The molecule has 1 aromatic heterocycles. The van der Waals surface area contributed by atoms with Crippen molar-refractivity contribution in [2.24, 2.45) is 0 Å². The van der Waals surface area contributed by atoms with E-state index in [1.807, 2.05) is 43.3 Å². The highest BCUT2D eigenvalue weighted by atomic mass is 16.5. The summed E-state index contributed by atoms with van der Waals surface area (Å²) in [5, 5.41) is 14.6. The van der Waals surface area contributed by atoms with Gasteiger partial charge in [0.25, 0.3) is 5.91 Å². The summed E-state index contributed by atoms with van der Waals surface area (Å²) in [7, 11) is 0. The number of carboxylic acids is 1. The van der Waals surface area contributed by atoms with Crippen LogP contribution in [0.1, 0.15) is 54.2 Å². The summed E-state index contributed by atoms with van der Waals surface area (Å²) < 4.78 is 5.52. The van der Waals surface area contributed by atoms with Crippen LogP contribution in [0, 0.1) is 0 Å².